The Labute approximate surface area is 161 Å². The zero-order valence-corrected chi connectivity index (χ0v) is 15.6. The zero-order chi connectivity index (χ0) is 19.3. The summed E-state index contributed by atoms with van der Waals surface area (Å²) in [5, 5.41) is 13.3. The van der Waals surface area contributed by atoms with Crippen molar-refractivity contribution in [2.45, 2.75) is 31.2 Å². The number of H-pyrrole nitrogens is 1. The van der Waals surface area contributed by atoms with Crippen LogP contribution in [0.25, 0.3) is 5.65 Å². The third kappa shape index (κ3) is 2.65. The van der Waals surface area contributed by atoms with E-state index in [1.54, 1.807) is 24.1 Å². The fourth-order valence-electron chi connectivity index (χ4n) is 3.72. The Morgan fingerprint density at radius 3 is 2.75 bits per heavy atom. The molecule has 5 rings (SSSR count). The Balaban J connectivity index is 1.30. The van der Waals surface area contributed by atoms with E-state index in [1.807, 2.05) is 16.6 Å². The first-order valence-corrected chi connectivity index (χ1v) is 9.54. The molecule has 4 heterocycles. The molecular formula is C19H21N7O2. The van der Waals surface area contributed by atoms with Crippen molar-refractivity contribution in [2.24, 2.45) is 0 Å². The van der Waals surface area contributed by atoms with Crippen LogP contribution in [0.3, 0.4) is 0 Å². The van der Waals surface area contributed by atoms with Crippen molar-refractivity contribution in [1.29, 1.82) is 0 Å². The second kappa shape index (κ2) is 6.43. The number of aromatic nitrogens is 5. The fourth-order valence-corrected chi connectivity index (χ4v) is 3.72. The predicted molar refractivity (Wildman–Crippen MR) is 103 cm³/mol. The molecule has 0 bridgehead atoms. The Morgan fingerprint density at radius 1 is 1.21 bits per heavy atom. The van der Waals surface area contributed by atoms with Gasteiger partial charge in [-0.1, -0.05) is 6.42 Å². The first-order valence-electron chi connectivity index (χ1n) is 9.54. The number of hydrogen-bond acceptors (Lipinski definition) is 6. The quantitative estimate of drug-likeness (QED) is 0.727. The number of pyridine rings is 1. The lowest BCUT2D eigenvalue weighted by Crippen LogP contribution is -2.60. The van der Waals surface area contributed by atoms with Gasteiger partial charge in [0.2, 0.25) is 0 Å². The highest BCUT2D eigenvalue weighted by molar-refractivity contribution is 5.94. The summed E-state index contributed by atoms with van der Waals surface area (Å²) in [7, 11) is 1.74. The summed E-state index contributed by atoms with van der Waals surface area (Å²) in [6.45, 7) is 1.35. The van der Waals surface area contributed by atoms with Gasteiger partial charge in [-0.05, 0) is 37.1 Å². The summed E-state index contributed by atoms with van der Waals surface area (Å²) in [5.41, 5.74) is 0.565. The summed E-state index contributed by atoms with van der Waals surface area (Å²) in [5.74, 6) is 1.98. The number of aromatic amines is 1. The number of amides is 1. The molecule has 28 heavy (non-hydrogen) atoms. The molecule has 0 spiro atoms. The number of carbonyl (C=O) groups excluding carboxylic acids is 1. The van der Waals surface area contributed by atoms with Gasteiger partial charge >= 0.3 is 0 Å². The first-order chi connectivity index (χ1) is 13.6. The molecule has 144 valence electrons. The SMILES string of the molecule is CN(C(=O)c1ccc[nH]c1=O)C1CN(c2ccc3nnc(C4CCC4)n3n2)C1. The largest absolute Gasteiger partial charge is 0.351 e. The first kappa shape index (κ1) is 16.9. The zero-order valence-electron chi connectivity index (χ0n) is 15.6. The van der Waals surface area contributed by atoms with E-state index in [2.05, 4.69) is 20.1 Å². The summed E-state index contributed by atoms with van der Waals surface area (Å²) in [6, 6.07) is 7.12. The van der Waals surface area contributed by atoms with Crippen molar-refractivity contribution < 1.29 is 4.79 Å². The van der Waals surface area contributed by atoms with Crippen LogP contribution >= 0.6 is 0 Å². The van der Waals surface area contributed by atoms with Crippen LogP contribution in [0, 0.1) is 0 Å². The number of nitrogens with zero attached hydrogens (tertiary/aromatic N) is 6. The molecule has 2 aliphatic rings. The lowest BCUT2D eigenvalue weighted by atomic mass is 9.85. The van der Waals surface area contributed by atoms with Crippen LogP contribution in [-0.4, -0.2) is 61.8 Å². The topological polar surface area (TPSA) is 99.5 Å². The highest BCUT2D eigenvalue weighted by Gasteiger charge is 2.34. The standard InChI is InChI=1S/C19H21N7O2/c1-24(19(28)14-6-3-9-20-18(14)27)13-10-25(11-13)16-8-7-15-21-22-17(26(15)23-16)12-4-2-5-12/h3,6-9,12-13H,2,4-5,10-11H2,1H3,(H,20,27). The van der Waals surface area contributed by atoms with Crippen molar-refractivity contribution in [1.82, 2.24) is 29.7 Å². The molecule has 1 aliphatic carbocycles. The lowest BCUT2D eigenvalue weighted by molar-refractivity contribution is 0.0703. The fraction of sp³-hybridized carbons (Fsp3) is 0.421. The number of fused-ring (bicyclic) bond motifs is 1. The van der Waals surface area contributed by atoms with Crippen molar-refractivity contribution in [3.8, 4) is 0 Å². The molecule has 1 aliphatic heterocycles. The molecule has 9 heteroatoms. The van der Waals surface area contributed by atoms with E-state index in [9.17, 15) is 9.59 Å². The summed E-state index contributed by atoms with van der Waals surface area (Å²) in [6.07, 6.45) is 5.04. The van der Waals surface area contributed by atoms with Gasteiger partial charge in [-0.15, -0.1) is 15.3 Å². The van der Waals surface area contributed by atoms with E-state index in [-0.39, 0.29) is 23.1 Å². The third-order valence-corrected chi connectivity index (χ3v) is 5.85. The minimum absolute atomic E-state index is 0.0385. The molecule has 1 N–H and O–H groups in total. The lowest BCUT2D eigenvalue weighted by Gasteiger charge is -2.44. The van der Waals surface area contributed by atoms with E-state index in [0.29, 0.717) is 19.0 Å². The van der Waals surface area contributed by atoms with E-state index < -0.39 is 0 Å². The monoisotopic (exact) mass is 379 g/mol. The van der Waals surface area contributed by atoms with Crippen molar-refractivity contribution >= 4 is 17.4 Å². The molecule has 0 aromatic carbocycles. The van der Waals surface area contributed by atoms with Crippen LogP contribution in [-0.2, 0) is 0 Å². The minimum Gasteiger partial charge on any atom is -0.351 e. The second-order valence-electron chi connectivity index (χ2n) is 7.54. The highest BCUT2D eigenvalue weighted by Crippen LogP contribution is 2.35. The maximum Gasteiger partial charge on any atom is 0.260 e. The Hall–Kier alpha value is -3.23. The highest BCUT2D eigenvalue weighted by atomic mass is 16.2. The normalized spacial score (nSPS) is 17.4. The van der Waals surface area contributed by atoms with E-state index in [4.69, 9.17) is 5.10 Å². The van der Waals surface area contributed by atoms with E-state index in [1.165, 1.54) is 12.6 Å². The average Bonchev–Trinajstić information content (AvgIpc) is 3.02. The summed E-state index contributed by atoms with van der Waals surface area (Å²) in [4.78, 5) is 30.8. The number of hydrogen-bond donors (Lipinski definition) is 1. The van der Waals surface area contributed by atoms with Gasteiger partial charge in [-0.3, -0.25) is 9.59 Å². The molecule has 0 radical (unpaired) electrons. The predicted octanol–water partition coefficient (Wildman–Crippen LogP) is 1.04. The second-order valence-corrected chi connectivity index (χ2v) is 7.54. The van der Waals surface area contributed by atoms with E-state index in [0.717, 1.165) is 30.1 Å². The molecule has 9 nitrogen and oxygen atoms in total. The van der Waals surface area contributed by atoms with Crippen LogP contribution in [0.15, 0.2) is 35.3 Å². The smallest absolute Gasteiger partial charge is 0.260 e. The third-order valence-electron chi connectivity index (χ3n) is 5.85. The minimum atomic E-state index is -0.362. The van der Waals surface area contributed by atoms with Gasteiger partial charge in [-0.25, -0.2) is 0 Å². The van der Waals surface area contributed by atoms with Crippen molar-refractivity contribution in [3.63, 3.8) is 0 Å². The van der Waals surface area contributed by atoms with Crippen LogP contribution in [0.4, 0.5) is 5.82 Å². The number of anilines is 1. The van der Waals surface area contributed by atoms with Crippen LogP contribution in [0.1, 0.15) is 41.4 Å². The molecule has 0 atom stereocenters. The molecule has 1 amide bonds. The van der Waals surface area contributed by atoms with Crippen LogP contribution in [0.5, 0.6) is 0 Å². The number of carbonyl (C=O) groups is 1. The van der Waals surface area contributed by atoms with Gasteiger partial charge in [0.15, 0.2) is 11.5 Å². The van der Waals surface area contributed by atoms with Gasteiger partial charge in [0.1, 0.15) is 11.4 Å². The molecule has 2 fully saturated rings. The Morgan fingerprint density at radius 2 is 2.04 bits per heavy atom. The maximum absolute atomic E-state index is 12.6. The summed E-state index contributed by atoms with van der Waals surface area (Å²) < 4.78 is 1.85. The summed E-state index contributed by atoms with van der Waals surface area (Å²) >= 11 is 0. The Kier molecular flexibility index (Phi) is 3.88. The molecule has 1 saturated carbocycles. The van der Waals surface area contributed by atoms with Crippen LogP contribution in [0.2, 0.25) is 0 Å². The molecular weight excluding hydrogens is 358 g/mol. The van der Waals surface area contributed by atoms with Gasteiger partial charge in [0.05, 0.1) is 6.04 Å². The number of rotatable bonds is 4. The molecule has 3 aromatic rings. The van der Waals surface area contributed by atoms with E-state index >= 15 is 0 Å². The van der Waals surface area contributed by atoms with Crippen LogP contribution < -0.4 is 10.5 Å². The average molecular weight is 379 g/mol. The number of nitrogens with one attached hydrogen (secondary N) is 1. The number of likely N-dealkylation sites (N-methyl/N-ethyl adjacent to an activating group) is 1. The van der Waals surface area contributed by atoms with Gasteiger partial charge < -0.3 is 14.8 Å². The van der Waals surface area contributed by atoms with Gasteiger partial charge in [-0.2, -0.15) is 4.52 Å². The molecule has 1 saturated heterocycles. The van der Waals surface area contributed by atoms with Gasteiger partial charge in [0.25, 0.3) is 11.5 Å². The maximum atomic E-state index is 12.6. The van der Waals surface area contributed by atoms with Gasteiger partial charge in [0, 0.05) is 32.3 Å². The van der Waals surface area contributed by atoms with Crippen molar-refractivity contribution in [3.05, 3.63) is 52.2 Å². The molecule has 0 unspecified atom stereocenters. The van der Waals surface area contributed by atoms with Crippen molar-refractivity contribution in [2.75, 3.05) is 25.0 Å². The molecule has 3 aromatic heterocycles. The Bertz CT molecular complexity index is 1090.